The largest absolute Gasteiger partial charge is 0.497 e. The topological polar surface area (TPSA) is 110 Å². The van der Waals surface area contributed by atoms with E-state index in [1.165, 1.54) is 26.5 Å². The first kappa shape index (κ1) is 19.7. The molecule has 0 aliphatic rings. The summed E-state index contributed by atoms with van der Waals surface area (Å²) < 4.78 is 15.9. The van der Waals surface area contributed by atoms with Crippen LogP contribution in [0, 0.1) is 0 Å². The highest BCUT2D eigenvalue weighted by Gasteiger charge is 2.14. The molecule has 0 saturated heterocycles. The lowest BCUT2D eigenvalue weighted by atomic mass is 10.1. The van der Waals surface area contributed by atoms with E-state index in [4.69, 9.17) is 13.9 Å². The van der Waals surface area contributed by atoms with Gasteiger partial charge in [-0.2, -0.15) is 5.10 Å². The van der Waals surface area contributed by atoms with Crippen LogP contribution in [-0.4, -0.2) is 37.4 Å². The Bertz CT molecular complexity index is 1050. The van der Waals surface area contributed by atoms with Gasteiger partial charge in [-0.15, -0.1) is 0 Å². The van der Waals surface area contributed by atoms with Crippen LogP contribution in [-0.2, 0) is 0 Å². The lowest BCUT2D eigenvalue weighted by Gasteiger charge is -2.07. The summed E-state index contributed by atoms with van der Waals surface area (Å²) in [4.78, 5) is 23.6. The second kappa shape index (κ2) is 8.75. The number of carboxylic acid groups (broad SMARTS) is 1. The Kier molecular flexibility index (Phi) is 5.94. The monoisotopic (exact) mass is 394 g/mol. The van der Waals surface area contributed by atoms with Crippen molar-refractivity contribution in [1.82, 2.24) is 5.43 Å². The maximum atomic E-state index is 12.3. The van der Waals surface area contributed by atoms with E-state index in [2.05, 4.69) is 10.5 Å². The van der Waals surface area contributed by atoms with E-state index in [-0.39, 0.29) is 5.56 Å². The van der Waals surface area contributed by atoms with Crippen molar-refractivity contribution in [2.75, 3.05) is 14.2 Å². The van der Waals surface area contributed by atoms with Crippen LogP contribution in [0.5, 0.6) is 11.5 Å². The van der Waals surface area contributed by atoms with Crippen molar-refractivity contribution in [2.24, 2.45) is 5.10 Å². The molecule has 1 amide bonds. The minimum atomic E-state index is -1.05. The van der Waals surface area contributed by atoms with E-state index in [1.807, 2.05) is 0 Å². The van der Waals surface area contributed by atoms with Gasteiger partial charge in [0.1, 0.15) is 23.0 Å². The molecule has 2 aromatic carbocycles. The summed E-state index contributed by atoms with van der Waals surface area (Å²) in [6, 6.07) is 14.5. The quantitative estimate of drug-likeness (QED) is 0.469. The first-order valence-corrected chi connectivity index (χ1v) is 8.51. The second-order valence-electron chi connectivity index (χ2n) is 5.85. The number of furan rings is 1. The number of carboxylic acids is 1. The molecule has 0 atom stereocenters. The van der Waals surface area contributed by atoms with Gasteiger partial charge in [-0.25, -0.2) is 10.2 Å². The molecule has 8 nitrogen and oxygen atoms in total. The van der Waals surface area contributed by atoms with Crippen LogP contribution >= 0.6 is 0 Å². The Labute approximate surface area is 166 Å². The average Bonchev–Trinajstić information content (AvgIpc) is 3.21. The standard InChI is InChI=1S/C21H18N2O6/c1-27-15-9-13(10-16(11-15)28-2)20(24)23-22-12-14-7-8-19(29-14)17-5-3-4-6-18(17)21(25)26/h3-12H,1-2H3,(H,23,24)(H,25,26). The maximum absolute atomic E-state index is 12.3. The molecule has 29 heavy (non-hydrogen) atoms. The van der Waals surface area contributed by atoms with Gasteiger partial charge in [0, 0.05) is 17.2 Å². The highest BCUT2D eigenvalue weighted by atomic mass is 16.5. The summed E-state index contributed by atoms with van der Waals surface area (Å²) >= 11 is 0. The Morgan fingerprint density at radius 3 is 2.38 bits per heavy atom. The van der Waals surface area contributed by atoms with Crippen LogP contribution in [0.4, 0.5) is 0 Å². The van der Waals surface area contributed by atoms with E-state index in [0.717, 1.165) is 0 Å². The van der Waals surface area contributed by atoms with Crippen molar-refractivity contribution in [3.8, 4) is 22.8 Å². The van der Waals surface area contributed by atoms with Crippen molar-refractivity contribution >= 4 is 18.1 Å². The van der Waals surface area contributed by atoms with Crippen molar-refractivity contribution in [3.63, 3.8) is 0 Å². The molecule has 2 N–H and O–H groups in total. The van der Waals surface area contributed by atoms with Gasteiger partial charge in [0.05, 0.1) is 26.0 Å². The molecule has 1 aromatic heterocycles. The molecule has 3 aromatic rings. The van der Waals surface area contributed by atoms with Crippen LogP contribution in [0.25, 0.3) is 11.3 Å². The third-order valence-electron chi connectivity index (χ3n) is 4.02. The van der Waals surface area contributed by atoms with Gasteiger partial charge in [0.25, 0.3) is 5.91 Å². The number of nitrogens with one attached hydrogen (secondary N) is 1. The van der Waals surface area contributed by atoms with Crippen LogP contribution in [0.2, 0.25) is 0 Å². The average molecular weight is 394 g/mol. The van der Waals surface area contributed by atoms with Gasteiger partial charge in [-0.3, -0.25) is 4.79 Å². The van der Waals surface area contributed by atoms with Crippen LogP contribution < -0.4 is 14.9 Å². The number of rotatable bonds is 7. The van der Waals surface area contributed by atoms with Crippen LogP contribution in [0.15, 0.2) is 64.1 Å². The number of amides is 1. The Hall–Kier alpha value is -4.07. The highest BCUT2D eigenvalue weighted by Crippen LogP contribution is 2.25. The molecular weight excluding hydrogens is 376 g/mol. The van der Waals surface area contributed by atoms with E-state index in [9.17, 15) is 14.7 Å². The smallest absolute Gasteiger partial charge is 0.336 e. The molecule has 0 saturated carbocycles. The maximum Gasteiger partial charge on any atom is 0.336 e. The summed E-state index contributed by atoms with van der Waals surface area (Å²) in [6.07, 6.45) is 1.32. The van der Waals surface area contributed by atoms with Crippen LogP contribution in [0.1, 0.15) is 26.5 Å². The molecule has 8 heteroatoms. The SMILES string of the molecule is COc1cc(OC)cc(C(=O)NN=Cc2ccc(-c3ccccc3C(=O)O)o2)c1. The number of aromatic carboxylic acids is 1. The minimum Gasteiger partial charge on any atom is -0.497 e. The number of benzene rings is 2. The molecule has 0 bridgehead atoms. The van der Waals surface area contributed by atoms with Crippen molar-refractivity contribution in [1.29, 1.82) is 0 Å². The van der Waals surface area contributed by atoms with Crippen molar-refractivity contribution in [3.05, 3.63) is 71.5 Å². The van der Waals surface area contributed by atoms with E-state index >= 15 is 0 Å². The number of hydrogen-bond donors (Lipinski definition) is 2. The van der Waals surface area contributed by atoms with Gasteiger partial charge in [0.2, 0.25) is 0 Å². The number of ether oxygens (including phenoxy) is 2. The normalized spacial score (nSPS) is 10.7. The van der Waals surface area contributed by atoms with Gasteiger partial charge >= 0.3 is 5.97 Å². The predicted octanol–water partition coefficient (Wildman–Crippen LogP) is 3.43. The molecule has 0 aliphatic heterocycles. The van der Waals surface area contributed by atoms with Gasteiger partial charge in [-0.1, -0.05) is 18.2 Å². The fraction of sp³-hybridized carbons (Fsp3) is 0.0952. The lowest BCUT2D eigenvalue weighted by molar-refractivity contribution is 0.0697. The molecular formula is C21H18N2O6. The van der Waals surface area contributed by atoms with Gasteiger partial charge in [-0.05, 0) is 30.3 Å². The van der Waals surface area contributed by atoms with E-state index in [0.29, 0.717) is 34.1 Å². The first-order valence-electron chi connectivity index (χ1n) is 8.51. The second-order valence-corrected chi connectivity index (χ2v) is 5.85. The summed E-state index contributed by atoms with van der Waals surface area (Å²) in [7, 11) is 2.98. The fourth-order valence-electron chi connectivity index (χ4n) is 2.61. The van der Waals surface area contributed by atoms with Crippen LogP contribution in [0.3, 0.4) is 0 Å². The summed E-state index contributed by atoms with van der Waals surface area (Å²) in [5, 5.41) is 13.2. The number of hydrazone groups is 1. The first-order chi connectivity index (χ1) is 14.0. The third-order valence-corrected chi connectivity index (χ3v) is 4.02. The van der Waals surface area contributed by atoms with Crippen molar-refractivity contribution in [2.45, 2.75) is 0 Å². The number of carbonyl (C=O) groups is 2. The summed E-state index contributed by atoms with van der Waals surface area (Å²) in [6.45, 7) is 0. The molecule has 3 rings (SSSR count). The number of hydrogen-bond acceptors (Lipinski definition) is 6. The summed E-state index contributed by atoms with van der Waals surface area (Å²) in [5.74, 6) is 0.184. The molecule has 1 heterocycles. The lowest BCUT2D eigenvalue weighted by Crippen LogP contribution is -2.17. The van der Waals surface area contributed by atoms with E-state index < -0.39 is 11.9 Å². The zero-order valence-electron chi connectivity index (χ0n) is 15.7. The number of nitrogens with zero attached hydrogens (tertiary/aromatic N) is 1. The zero-order chi connectivity index (χ0) is 20.8. The van der Waals surface area contributed by atoms with Crippen molar-refractivity contribution < 1.29 is 28.6 Å². The summed E-state index contributed by atoms with van der Waals surface area (Å²) in [5.41, 5.74) is 3.29. The molecule has 0 radical (unpaired) electrons. The van der Waals surface area contributed by atoms with E-state index in [1.54, 1.807) is 48.5 Å². The number of methoxy groups -OCH3 is 2. The fourth-order valence-corrected chi connectivity index (χ4v) is 2.61. The Morgan fingerprint density at radius 1 is 1.03 bits per heavy atom. The minimum absolute atomic E-state index is 0.130. The predicted molar refractivity (Wildman–Crippen MR) is 106 cm³/mol. The molecule has 0 aliphatic carbocycles. The molecule has 148 valence electrons. The van der Waals surface area contributed by atoms with Gasteiger partial charge < -0.3 is 19.0 Å². The Balaban J connectivity index is 1.72. The molecule has 0 unspecified atom stereocenters. The molecule has 0 spiro atoms. The zero-order valence-corrected chi connectivity index (χ0v) is 15.7. The third kappa shape index (κ3) is 4.62. The highest BCUT2D eigenvalue weighted by molar-refractivity contribution is 5.96. The molecule has 0 fully saturated rings. The van der Waals surface area contributed by atoms with Gasteiger partial charge in [0.15, 0.2) is 0 Å². The number of carbonyl (C=O) groups excluding carboxylic acids is 1. The Morgan fingerprint density at radius 2 is 1.72 bits per heavy atom.